The van der Waals surface area contributed by atoms with E-state index in [1.807, 2.05) is 0 Å². The first-order valence-electron chi connectivity index (χ1n) is 5.91. The van der Waals surface area contributed by atoms with E-state index in [0.29, 0.717) is 12.0 Å². The van der Waals surface area contributed by atoms with Crippen molar-refractivity contribution in [1.82, 2.24) is 9.80 Å². The van der Waals surface area contributed by atoms with Gasteiger partial charge in [0.2, 0.25) is 0 Å². The summed E-state index contributed by atoms with van der Waals surface area (Å²) in [5, 5.41) is 0. The quantitative estimate of drug-likeness (QED) is 0.700. The molecule has 2 nitrogen and oxygen atoms in total. The zero-order valence-electron chi connectivity index (χ0n) is 10.7. The van der Waals surface area contributed by atoms with Gasteiger partial charge < -0.3 is 9.80 Å². The maximum absolute atomic E-state index is 2.40. The van der Waals surface area contributed by atoms with Crippen molar-refractivity contribution in [3.8, 4) is 0 Å². The van der Waals surface area contributed by atoms with E-state index >= 15 is 0 Å². The summed E-state index contributed by atoms with van der Waals surface area (Å²) in [6, 6.07) is 0.546. The highest BCUT2D eigenvalue weighted by Gasteiger charge is 2.19. The molecule has 15 heavy (non-hydrogen) atoms. The third-order valence-electron chi connectivity index (χ3n) is 3.16. The Bertz CT molecular complexity index is 249. The molecule has 0 aromatic heterocycles. The molecule has 0 spiro atoms. The molecule has 0 aliphatic heterocycles. The summed E-state index contributed by atoms with van der Waals surface area (Å²) in [4.78, 5) is 4.68. The first kappa shape index (κ1) is 12.3. The van der Waals surface area contributed by atoms with Gasteiger partial charge in [0.05, 0.1) is 0 Å². The molecular weight excluding hydrogens is 184 g/mol. The zero-order valence-corrected chi connectivity index (χ0v) is 10.7. The molecule has 1 aliphatic rings. The Morgan fingerprint density at radius 2 is 1.80 bits per heavy atom. The fourth-order valence-electron chi connectivity index (χ4n) is 2.24. The van der Waals surface area contributed by atoms with E-state index in [4.69, 9.17) is 0 Å². The molecule has 0 heterocycles. The molecule has 0 radical (unpaired) electrons. The molecule has 1 rings (SSSR count). The average Bonchev–Trinajstić information content (AvgIpc) is 2.19. The molecule has 2 atom stereocenters. The van der Waals surface area contributed by atoms with E-state index in [9.17, 15) is 0 Å². The third-order valence-corrected chi connectivity index (χ3v) is 3.16. The van der Waals surface area contributed by atoms with Gasteiger partial charge in [0, 0.05) is 24.8 Å². The van der Waals surface area contributed by atoms with Crippen LogP contribution in [0, 0.1) is 5.92 Å². The molecule has 0 N–H and O–H groups in total. The van der Waals surface area contributed by atoms with Crippen molar-refractivity contribution >= 4 is 0 Å². The van der Waals surface area contributed by atoms with E-state index in [2.05, 4.69) is 62.9 Å². The SMILES string of the molecule is CCN(CC)C1=CC(C)C(N(C)C)C=C1. The van der Waals surface area contributed by atoms with Crippen molar-refractivity contribution in [3.63, 3.8) is 0 Å². The van der Waals surface area contributed by atoms with Gasteiger partial charge in [-0.3, -0.25) is 0 Å². The summed E-state index contributed by atoms with van der Waals surface area (Å²) in [6.45, 7) is 8.89. The lowest BCUT2D eigenvalue weighted by atomic mass is 9.94. The summed E-state index contributed by atoms with van der Waals surface area (Å²) in [6.07, 6.45) is 6.97. The number of likely N-dealkylation sites (N-methyl/N-ethyl adjacent to an activating group) is 2. The number of nitrogens with zero attached hydrogens (tertiary/aromatic N) is 2. The van der Waals surface area contributed by atoms with Crippen LogP contribution in [0.4, 0.5) is 0 Å². The Morgan fingerprint density at radius 1 is 1.20 bits per heavy atom. The van der Waals surface area contributed by atoms with Gasteiger partial charge in [0.25, 0.3) is 0 Å². The second-order valence-corrected chi connectivity index (χ2v) is 4.44. The number of rotatable bonds is 4. The van der Waals surface area contributed by atoms with E-state index in [1.54, 1.807) is 0 Å². The molecule has 2 unspecified atom stereocenters. The smallest absolute Gasteiger partial charge is 0.0336 e. The molecule has 0 saturated carbocycles. The second kappa shape index (κ2) is 5.36. The van der Waals surface area contributed by atoms with E-state index < -0.39 is 0 Å². The number of hydrogen-bond donors (Lipinski definition) is 0. The predicted octanol–water partition coefficient (Wildman–Crippen LogP) is 2.35. The number of allylic oxidation sites excluding steroid dienone is 1. The summed E-state index contributed by atoms with van der Waals surface area (Å²) < 4.78 is 0. The zero-order chi connectivity index (χ0) is 11.4. The molecule has 1 aliphatic carbocycles. The van der Waals surface area contributed by atoms with E-state index in [1.165, 1.54) is 5.70 Å². The van der Waals surface area contributed by atoms with Crippen molar-refractivity contribution in [2.45, 2.75) is 26.8 Å². The lowest BCUT2D eigenvalue weighted by Crippen LogP contribution is -2.34. The van der Waals surface area contributed by atoms with Crippen molar-refractivity contribution < 1.29 is 0 Å². The van der Waals surface area contributed by atoms with Crippen LogP contribution in [0.15, 0.2) is 23.9 Å². The fraction of sp³-hybridized carbons (Fsp3) is 0.692. The van der Waals surface area contributed by atoms with Crippen LogP contribution in [0.25, 0.3) is 0 Å². The highest BCUT2D eigenvalue weighted by molar-refractivity contribution is 5.26. The minimum absolute atomic E-state index is 0.546. The predicted molar refractivity (Wildman–Crippen MR) is 66.8 cm³/mol. The Balaban J connectivity index is 2.74. The summed E-state index contributed by atoms with van der Waals surface area (Å²) in [7, 11) is 4.28. The lowest BCUT2D eigenvalue weighted by molar-refractivity contribution is 0.286. The van der Waals surface area contributed by atoms with Crippen molar-refractivity contribution in [3.05, 3.63) is 23.9 Å². The highest BCUT2D eigenvalue weighted by atomic mass is 15.1. The molecule has 86 valence electrons. The highest BCUT2D eigenvalue weighted by Crippen LogP contribution is 2.21. The minimum atomic E-state index is 0.546. The summed E-state index contributed by atoms with van der Waals surface area (Å²) >= 11 is 0. The third kappa shape index (κ3) is 2.85. The number of hydrogen-bond acceptors (Lipinski definition) is 2. The van der Waals surface area contributed by atoms with Gasteiger partial charge in [-0.05, 0) is 39.9 Å². The summed E-state index contributed by atoms with van der Waals surface area (Å²) in [5.41, 5.74) is 1.38. The molecule has 2 heteroatoms. The Labute approximate surface area is 94.3 Å². The van der Waals surface area contributed by atoms with Crippen LogP contribution < -0.4 is 0 Å². The standard InChI is InChI=1S/C13H24N2/c1-6-15(7-2)12-8-9-13(14(4)5)11(3)10-12/h8-11,13H,6-7H2,1-5H3. The normalized spacial score (nSPS) is 25.6. The van der Waals surface area contributed by atoms with Crippen LogP contribution in [0.3, 0.4) is 0 Å². The van der Waals surface area contributed by atoms with Crippen LogP contribution in [-0.4, -0.2) is 43.0 Å². The first-order chi connectivity index (χ1) is 7.10. The van der Waals surface area contributed by atoms with Gasteiger partial charge >= 0.3 is 0 Å². The second-order valence-electron chi connectivity index (χ2n) is 4.44. The maximum Gasteiger partial charge on any atom is 0.0336 e. The van der Waals surface area contributed by atoms with Crippen LogP contribution in [0.1, 0.15) is 20.8 Å². The first-order valence-corrected chi connectivity index (χ1v) is 5.91. The Kier molecular flexibility index (Phi) is 4.40. The van der Waals surface area contributed by atoms with Gasteiger partial charge in [-0.25, -0.2) is 0 Å². The Hall–Kier alpha value is -0.760. The van der Waals surface area contributed by atoms with Crippen LogP contribution in [-0.2, 0) is 0 Å². The van der Waals surface area contributed by atoms with Gasteiger partial charge in [-0.1, -0.05) is 19.1 Å². The topological polar surface area (TPSA) is 6.48 Å². The van der Waals surface area contributed by atoms with Crippen LogP contribution in [0.2, 0.25) is 0 Å². The molecule has 0 saturated heterocycles. The minimum Gasteiger partial charge on any atom is -0.372 e. The van der Waals surface area contributed by atoms with Gasteiger partial charge in [-0.15, -0.1) is 0 Å². The molecule has 0 amide bonds. The molecular formula is C13H24N2. The van der Waals surface area contributed by atoms with Crippen LogP contribution >= 0.6 is 0 Å². The van der Waals surface area contributed by atoms with Crippen LogP contribution in [0.5, 0.6) is 0 Å². The molecule has 0 bridgehead atoms. The van der Waals surface area contributed by atoms with E-state index in [-0.39, 0.29) is 0 Å². The summed E-state index contributed by atoms with van der Waals surface area (Å²) in [5.74, 6) is 0.598. The maximum atomic E-state index is 2.40. The average molecular weight is 208 g/mol. The van der Waals surface area contributed by atoms with Gasteiger partial charge in [-0.2, -0.15) is 0 Å². The molecule has 0 fully saturated rings. The fourth-order valence-corrected chi connectivity index (χ4v) is 2.24. The lowest BCUT2D eigenvalue weighted by Gasteiger charge is -2.32. The van der Waals surface area contributed by atoms with Gasteiger partial charge in [0.15, 0.2) is 0 Å². The van der Waals surface area contributed by atoms with E-state index in [0.717, 1.165) is 13.1 Å². The largest absolute Gasteiger partial charge is 0.372 e. The van der Waals surface area contributed by atoms with Gasteiger partial charge in [0.1, 0.15) is 0 Å². The Morgan fingerprint density at radius 3 is 2.20 bits per heavy atom. The van der Waals surface area contributed by atoms with Crippen molar-refractivity contribution in [1.29, 1.82) is 0 Å². The van der Waals surface area contributed by atoms with Crippen molar-refractivity contribution in [2.75, 3.05) is 27.2 Å². The monoisotopic (exact) mass is 208 g/mol. The van der Waals surface area contributed by atoms with Crippen molar-refractivity contribution in [2.24, 2.45) is 5.92 Å². The molecule has 0 aromatic carbocycles. The molecule has 0 aromatic rings.